The van der Waals surface area contributed by atoms with Gasteiger partial charge in [-0.15, -0.1) is 0 Å². The normalized spacial score (nSPS) is 43.2. The van der Waals surface area contributed by atoms with Crippen molar-refractivity contribution in [2.45, 2.75) is 38.2 Å². The van der Waals surface area contributed by atoms with Crippen molar-refractivity contribution in [2.24, 2.45) is 11.8 Å². The Morgan fingerprint density at radius 3 is 2.83 bits per heavy atom. The molecule has 3 atom stereocenters. The minimum absolute atomic E-state index is 0.0715. The lowest BCUT2D eigenvalue weighted by Crippen LogP contribution is -2.33. The fourth-order valence-corrected chi connectivity index (χ4v) is 2.79. The summed E-state index contributed by atoms with van der Waals surface area (Å²) in [6, 6.07) is 0. The molecule has 0 amide bonds. The highest BCUT2D eigenvalue weighted by Crippen LogP contribution is 2.35. The molecular formula is C10H19NO. The molecule has 2 rings (SSSR count). The topological polar surface area (TPSA) is 32.3 Å². The maximum Gasteiger partial charge on any atom is 0.0695 e. The van der Waals surface area contributed by atoms with E-state index in [1.807, 2.05) is 0 Å². The molecule has 2 fully saturated rings. The van der Waals surface area contributed by atoms with Gasteiger partial charge in [-0.05, 0) is 31.2 Å². The van der Waals surface area contributed by atoms with Crippen molar-refractivity contribution in [1.29, 1.82) is 0 Å². The first-order valence-electron chi connectivity index (χ1n) is 5.26. The van der Waals surface area contributed by atoms with E-state index < -0.39 is 0 Å². The van der Waals surface area contributed by atoms with Crippen molar-refractivity contribution in [2.75, 3.05) is 13.1 Å². The lowest BCUT2D eigenvalue weighted by atomic mass is 9.75. The van der Waals surface area contributed by atoms with Crippen LogP contribution in [-0.2, 0) is 0 Å². The van der Waals surface area contributed by atoms with Crippen molar-refractivity contribution < 1.29 is 5.11 Å². The second-order valence-electron chi connectivity index (χ2n) is 4.27. The summed E-state index contributed by atoms with van der Waals surface area (Å²) in [5, 5.41) is 13.1. The summed E-state index contributed by atoms with van der Waals surface area (Å²) in [5.41, 5.74) is 0. The lowest BCUT2D eigenvalue weighted by Gasteiger charge is -2.32. The van der Waals surface area contributed by atoms with Crippen molar-refractivity contribution >= 4 is 0 Å². The summed E-state index contributed by atoms with van der Waals surface area (Å²) in [7, 11) is 0. The molecule has 1 aliphatic heterocycles. The second-order valence-corrected chi connectivity index (χ2v) is 4.27. The molecule has 1 saturated carbocycles. The van der Waals surface area contributed by atoms with Crippen molar-refractivity contribution in [3.05, 3.63) is 0 Å². The average Bonchev–Trinajstić information content (AvgIpc) is 2.29. The van der Waals surface area contributed by atoms with Gasteiger partial charge in [0.25, 0.3) is 0 Å². The maximum atomic E-state index is 9.82. The quantitative estimate of drug-likeness (QED) is 0.570. The van der Waals surface area contributed by atoms with Crippen LogP contribution in [0.1, 0.15) is 32.1 Å². The van der Waals surface area contributed by atoms with E-state index in [2.05, 4.69) is 5.32 Å². The maximum absolute atomic E-state index is 9.82. The van der Waals surface area contributed by atoms with Gasteiger partial charge in [-0.1, -0.05) is 19.3 Å². The molecule has 12 heavy (non-hydrogen) atoms. The number of rotatable bonds is 0. The summed E-state index contributed by atoms with van der Waals surface area (Å²) < 4.78 is 0. The molecule has 2 aliphatic rings. The highest BCUT2D eigenvalue weighted by Gasteiger charge is 2.31. The zero-order valence-electron chi connectivity index (χ0n) is 7.63. The lowest BCUT2D eigenvalue weighted by molar-refractivity contribution is 0.0589. The molecule has 0 spiro atoms. The Morgan fingerprint density at radius 1 is 1.08 bits per heavy atom. The third-order valence-corrected chi connectivity index (χ3v) is 3.51. The number of hydrogen-bond donors (Lipinski definition) is 2. The number of hydrogen-bond acceptors (Lipinski definition) is 2. The van der Waals surface area contributed by atoms with Crippen LogP contribution in [-0.4, -0.2) is 24.3 Å². The van der Waals surface area contributed by atoms with Crippen LogP contribution >= 0.6 is 0 Å². The van der Waals surface area contributed by atoms with E-state index in [0.29, 0.717) is 5.92 Å². The predicted molar refractivity (Wildman–Crippen MR) is 48.9 cm³/mol. The van der Waals surface area contributed by atoms with E-state index in [0.717, 1.165) is 19.0 Å². The molecule has 0 radical (unpaired) electrons. The first-order valence-corrected chi connectivity index (χ1v) is 5.26. The second kappa shape index (κ2) is 3.75. The van der Waals surface area contributed by atoms with Crippen LogP contribution in [0.5, 0.6) is 0 Å². The zero-order chi connectivity index (χ0) is 8.39. The Bertz CT molecular complexity index is 149. The van der Waals surface area contributed by atoms with Crippen LogP contribution < -0.4 is 5.32 Å². The standard InChI is InChI=1S/C10H19NO/c12-10-7-11-6-5-8-3-1-2-4-9(8)10/h8-12H,1-7H2. The van der Waals surface area contributed by atoms with Gasteiger partial charge in [0.1, 0.15) is 0 Å². The highest BCUT2D eigenvalue weighted by molar-refractivity contribution is 4.84. The molecule has 0 bridgehead atoms. The molecule has 1 saturated heterocycles. The van der Waals surface area contributed by atoms with Crippen LogP contribution in [0, 0.1) is 11.8 Å². The van der Waals surface area contributed by atoms with Crippen LogP contribution in [0.25, 0.3) is 0 Å². The minimum atomic E-state index is -0.0715. The summed E-state index contributed by atoms with van der Waals surface area (Å²) in [6.45, 7) is 1.93. The number of aliphatic hydroxyl groups is 1. The van der Waals surface area contributed by atoms with Gasteiger partial charge in [0, 0.05) is 6.54 Å². The average molecular weight is 169 g/mol. The van der Waals surface area contributed by atoms with Gasteiger partial charge in [-0.2, -0.15) is 0 Å². The fraction of sp³-hybridized carbons (Fsp3) is 1.00. The van der Waals surface area contributed by atoms with Crippen molar-refractivity contribution in [1.82, 2.24) is 5.32 Å². The Morgan fingerprint density at radius 2 is 1.92 bits per heavy atom. The number of fused-ring (bicyclic) bond motifs is 1. The number of β-amino-alcohol motifs (C(OH)–C–C–N with tert-alkyl or cyclic N) is 1. The van der Waals surface area contributed by atoms with Crippen LogP contribution in [0.3, 0.4) is 0 Å². The smallest absolute Gasteiger partial charge is 0.0695 e. The third kappa shape index (κ3) is 1.64. The molecule has 1 aliphatic carbocycles. The first-order chi connectivity index (χ1) is 5.88. The highest BCUT2D eigenvalue weighted by atomic mass is 16.3. The largest absolute Gasteiger partial charge is 0.392 e. The first kappa shape index (κ1) is 8.52. The molecule has 2 N–H and O–H groups in total. The predicted octanol–water partition coefficient (Wildman–Crippen LogP) is 1.15. The fourth-order valence-electron chi connectivity index (χ4n) is 2.79. The zero-order valence-corrected chi connectivity index (χ0v) is 7.63. The van der Waals surface area contributed by atoms with E-state index in [1.54, 1.807) is 0 Å². The van der Waals surface area contributed by atoms with Crippen molar-refractivity contribution in [3.63, 3.8) is 0 Å². The summed E-state index contributed by atoms with van der Waals surface area (Å²) in [5.74, 6) is 1.41. The van der Waals surface area contributed by atoms with Gasteiger partial charge >= 0.3 is 0 Å². The van der Waals surface area contributed by atoms with Gasteiger partial charge < -0.3 is 10.4 Å². The van der Waals surface area contributed by atoms with E-state index in [-0.39, 0.29) is 6.10 Å². The number of nitrogens with one attached hydrogen (secondary N) is 1. The van der Waals surface area contributed by atoms with E-state index >= 15 is 0 Å². The van der Waals surface area contributed by atoms with Gasteiger partial charge in [0.05, 0.1) is 6.10 Å². The monoisotopic (exact) mass is 169 g/mol. The van der Waals surface area contributed by atoms with E-state index in [4.69, 9.17) is 0 Å². The number of aliphatic hydroxyl groups excluding tert-OH is 1. The molecular weight excluding hydrogens is 150 g/mol. The molecule has 2 nitrogen and oxygen atoms in total. The van der Waals surface area contributed by atoms with Crippen LogP contribution in [0.2, 0.25) is 0 Å². The SMILES string of the molecule is OC1CNCCC2CCCCC12. The summed E-state index contributed by atoms with van der Waals surface area (Å²) >= 11 is 0. The molecule has 0 aromatic rings. The van der Waals surface area contributed by atoms with E-state index in [1.165, 1.54) is 32.1 Å². The van der Waals surface area contributed by atoms with Gasteiger partial charge in [0.2, 0.25) is 0 Å². The van der Waals surface area contributed by atoms with Gasteiger partial charge in [-0.25, -0.2) is 0 Å². The minimum Gasteiger partial charge on any atom is -0.392 e. The third-order valence-electron chi connectivity index (χ3n) is 3.51. The molecule has 2 heteroatoms. The van der Waals surface area contributed by atoms with Gasteiger partial charge in [0.15, 0.2) is 0 Å². The Labute approximate surface area is 74.4 Å². The van der Waals surface area contributed by atoms with Crippen LogP contribution in [0.15, 0.2) is 0 Å². The Hall–Kier alpha value is -0.0800. The van der Waals surface area contributed by atoms with Gasteiger partial charge in [-0.3, -0.25) is 0 Å². The molecule has 3 unspecified atom stereocenters. The van der Waals surface area contributed by atoms with Crippen molar-refractivity contribution in [3.8, 4) is 0 Å². The summed E-state index contributed by atoms with van der Waals surface area (Å²) in [4.78, 5) is 0. The Kier molecular flexibility index (Phi) is 2.66. The molecule has 0 aromatic carbocycles. The molecule has 70 valence electrons. The Balaban J connectivity index is 2.01. The molecule has 0 aromatic heterocycles. The summed E-state index contributed by atoms with van der Waals surface area (Å²) in [6.07, 6.45) is 6.53. The van der Waals surface area contributed by atoms with E-state index in [9.17, 15) is 5.11 Å². The molecule has 1 heterocycles. The van der Waals surface area contributed by atoms with Crippen LogP contribution in [0.4, 0.5) is 0 Å².